The second kappa shape index (κ2) is 5.93. The van der Waals surface area contributed by atoms with Gasteiger partial charge in [0.25, 0.3) is 0 Å². The Balaban J connectivity index is 2.00. The van der Waals surface area contributed by atoms with E-state index in [1.54, 1.807) is 12.4 Å². The average molecular weight is 300 g/mol. The van der Waals surface area contributed by atoms with Crippen molar-refractivity contribution in [3.8, 4) is 0 Å². The molecule has 0 aliphatic heterocycles. The van der Waals surface area contributed by atoms with Gasteiger partial charge in [0.05, 0.1) is 17.4 Å². The number of nitrogens with zero attached hydrogens (tertiary/aromatic N) is 3. The Hall–Kier alpha value is -2.40. The zero-order valence-electron chi connectivity index (χ0n) is 11.5. The smallest absolute Gasteiger partial charge is 0.224 e. The molecule has 0 fully saturated rings. The zero-order chi connectivity index (χ0) is 14.7. The van der Waals surface area contributed by atoms with E-state index in [-0.39, 0.29) is 0 Å². The molecule has 0 unspecified atom stereocenters. The Morgan fingerprint density at radius 1 is 1.14 bits per heavy atom. The first-order chi connectivity index (χ1) is 10.3. The molecule has 106 valence electrons. The molecular weight excluding hydrogens is 286 g/mol. The lowest BCUT2D eigenvalue weighted by Gasteiger charge is -2.11. The fraction of sp³-hybridized carbons (Fsp3) is 0.133. The van der Waals surface area contributed by atoms with E-state index < -0.39 is 0 Å². The van der Waals surface area contributed by atoms with E-state index in [9.17, 15) is 0 Å². The first kappa shape index (κ1) is 13.6. The molecule has 2 aromatic heterocycles. The summed E-state index contributed by atoms with van der Waals surface area (Å²) < 4.78 is 0. The summed E-state index contributed by atoms with van der Waals surface area (Å²) in [6.07, 6.45) is 3.34. The number of nitrogens with one attached hydrogen (secondary N) is 2. The second-order valence-corrected chi connectivity index (χ2v) is 4.83. The van der Waals surface area contributed by atoms with Crippen LogP contribution in [0.1, 0.15) is 6.92 Å². The third-order valence-electron chi connectivity index (χ3n) is 2.96. The Bertz CT molecular complexity index is 770. The quantitative estimate of drug-likeness (QED) is 0.766. The number of pyridine rings is 1. The number of anilines is 3. The molecule has 3 rings (SSSR count). The highest BCUT2D eigenvalue weighted by atomic mass is 35.5. The molecule has 0 bridgehead atoms. The Morgan fingerprint density at radius 2 is 2.00 bits per heavy atom. The third-order valence-corrected chi connectivity index (χ3v) is 3.24. The van der Waals surface area contributed by atoms with Crippen molar-refractivity contribution in [2.45, 2.75) is 6.92 Å². The molecule has 21 heavy (non-hydrogen) atoms. The summed E-state index contributed by atoms with van der Waals surface area (Å²) in [5.41, 5.74) is 1.73. The standard InChI is InChI=1S/C15H14ClN5/c1-2-17-15-19-9-11(16)14(21-15)20-12-7-3-5-10-6-4-8-18-13(10)12/h3-9H,2H2,1H3,(H2,17,19,20,21). The predicted octanol–water partition coefficient (Wildman–Crippen LogP) is 3.85. The first-order valence-corrected chi connectivity index (χ1v) is 7.03. The Morgan fingerprint density at radius 3 is 2.86 bits per heavy atom. The largest absolute Gasteiger partial charge is 0.354 e. The summed E-state index contributed by atoms with van der Waals surface area (Å²) in [6, 6.07) is 9.85. The van der Waals surface area contributed by atoms with Gasteiger partial charge in [-0.3, -0.25) is 4.98 Å². The van der Waals surface area contributed by atoms with E-state index in [2.05, 4.69) is 25.6 Å². The number of aromatic nitrogens is 3. The summed E-state index contributed by atoms with van der Waals surface area (Å²) in [4.78, 5) is 12.9. The molecule has 0 aliphatic rings. The summed E-state index contributed by atoms with van der Waals surface area (Å²) in [5.74, 6) is 1.10. The maximum Gasteiger partial charge on any atom is 0.224 e. The lowest BCUT2D eigenvalue weighted by Crippen LogP contribution is -2.04. The molecule has 0 radical (unpaired) electrons. The van der Waals surface area contributed by atoms with Crippen molar-refractivity contribution in [2.75, 3.05) is 17.2 Å². The van der Waals surface area contributed by atoms with Crippen LogP contribution >= 0.6 is 11.6 Å². The van der Waals surface area contributed by atoms with Gasteiger partial charge in [-0.15, -0.1) is 0 Å². The predicted molar refractivity (Wildman–Crippen MR) is 86.2 cm³/mol. The van der Waals surface area contributed by atoms with Crippen molar-refractivity contribution in [3.05, 3.63) is 47.7 Å². The van der Waals surface area contributed by atoms with Gasteiger partial charge in [0.1, 0.15) is 5.02 Å². The van der Waals surface area contributed by atoms with Crippen LogP contribution in [0.25, 0.3) is 10.9 Å². The fourth-order valence-electron chi connectivity index (χ4n) is 2.03. The van der Waals surface area contributed by atoms with Crippen LogP contribution in [0.3, 0.4) is 0 Å². The Labute approximate surface area is 127 Å². The molecule has 0 spiro atoms. The van der Waals surface area contributed by atoms with Gasteiger partial charge in [0.15, 0.2) is 5.82 Å². The highest BCUT2D eigenvalue weighted by Gasteiger charge is 2.08. The molecule has 0 atom stereocenters. The molecule has 2 heterocycles. The van der Waals surface area contributed by atoms with Gasteiger partial charge < -0.3 is 10.6 Å². The number of para-hydroxylation sites is 1. The maximum atomic E-state index is 6.16. The van der Waals surface area contributed by atoms with Crippen LogP contribution in [-0.4, -0.2) is 21.5 Å². The highest BCUT2D eigenvalue weighted by Crippen LogP contribution is 2.27. The van der Waals surface area contributed by atoms with Gasteiger partial charge in [-0.25, -0.2) is 4.98 Å². The molecule has 6 heteroatoms. The zero-order valence-corrected chi connectivity index (χ0v) is 12.2. The molecule has 0 aliphatic carbocycles. The van der Waals surface area contributed by atoms with Crippen LogP contribution in [0.4, 0.5) is 17.5 Å². The number of hydrogen-bond donors (Lipinski definition) is 2. The van der Waals surface area contributed by atoms with Crippen LogP contribution in [-0.2, 0) is 0 Å². The fourth-order valence-corrected chi connectivity index (χ4v) is 2.17. The van der Waals surface area contributed by atoms with Crippen LogP contribution < -0.4 is 10.6 Å². The lowest BCUT2D eigenvalue weighted by molar-refractivity contribution is 1.09. The van der Waals surface area contributed by atoms with Gasteiger partial charge in [0, 0.05) is 18.1 Å². The van der Waals surface area contributed by atoms with Crippen LogP contribution in [0.15, 0.2) is 42.7 Å². The number of rotatable bonds is 4. The highest BCUT2D eigenvalue weighted by molar-refractivity contribution is 6.33. The number of halogens is 1. The minimum absolute atomic E-state index is 0.463. The SMILES string of the molecule is CCNc1ncc(Cl)c(Nc2cccc3cccnc23)n1. The van der Waals surface area contributed by atoms with Crippen molar-refractivity contribution < 1.29 is 0 Å². The maximum absolute atomic E-state index is 6.16. The van der Waals surface area contributed by atoms with E-state index >= 15 is 0 Å². The summed E-state index contributed by atoms with van der Waals surface area (Å²) in [5, 5.41) is 7.81. The minimum atomic E-state index is 0.463. The summed E-state index contributed by atoms with van der Waals surface area (Å²) in [7, 11) is 0. The first-order valence-electron chi connectivity index (χ1n) is 6.65. The molecular formula is C15H14ClN5. The van der Waals surface area contributed by atoms with Crippen molar-refractivity contribution in [1.82, 2.24) is 15.0 Å². The van der Waals surface area contributed by atoms with Gasteiger partial charge >= 0.3 is 0 Å². The summed E-state index contributed by atoms with van der Waals surface area (Å²) >= 11 is 6.16. The Kier molecular flexibility index (Phi) is 3.83. The second-order valence-electron chi connectivity index (χ2n) is 4.43. The molecule has 0 saturated carbocycles. The average Bonchev–Trinajstić information content (AvgIpc) is 2.51. The molecule has 2 N–H and O–H groups in total. The van der Waals surface area contributed by atoms with Crippen LogP contribution in [0, 0.1) is 0 Å². The van der Waals surface area contributed by atoms with Crippen molar-refractivity contribution in [1.29, 1.82) is 0 Å². The summed E-state index contributed by atoms with van der Waals surface area (Å²) in [6.45, 7) is 2.73. The third kappa shape index (κ3) is 2.87. The van der Waals surface area contributed by atoms with Gasteiger partial charge in [-0.05, 0) is 19.1 Å². The van der Waals surface area contributed by atoms with Crippen LogP contribution in [0.2, 0.25) is 5.02 Å². The minimum Gasteiger partial charge on any atom is -0.354 e. The number of benzene rings is 1. The number of hydrogen-bond acceptors (Lipinski definition) is 5. The lowest BCUT2D eigenvalue weighted by atomic mass is 10.2. The van der Waals surface area contributed by atoms with E-state index in [4.69, 9.17) is 11.6 Å². The van der Waals surface area contributed by atoms with Gasteiger partial charge in [0.2, 0.25) is 5.95 Å². The van der Waals surface area contributed by atoms with E-state index in [1.165, 1.54) is 0 Å². The van der Waals surface area contributed by atoms with Crippen LogP contribution in [0.5, 0.6) is 0 Å². The van der Waals surface area contributed by atoms with E-state index in [1.807, 2.05) is 37.3 Å². The molecule has 1 aromatic carbocycles. The van der Waals surface area contributed by atoms with Crippen molar-refractivity contribution >= 4 is 40.0 Å². The molecule has 0 saturated heterocycles. The van der Waals surface area contributed by atoms with E-state index in [0.29, 0.717) is 16.8 Å². The topological polar surface area (TPSA) is 62.7 Å². The number of fused-ring (bicyclic) bond motifs is 1. The molecule has 0 amide bonds. The van der Waals surface area contributed by atoms with Crippen molar-refractivity contribution in [2.24, 2.45) is 0 Å². The molecule has 3 aromatic rings. The van der Waals surface area contributed by atoms with Crippen molar-refractivity contribution in [3.63, 3.8) is 0 Å². The normalized spacial score (nSPS) is 10.6. The molecule has 5 nitrogen and oxygen atoms in total. The van der Waals surface area contributed by atoms with Gasteiger partial charge in [-0.1, -0.05) is 29.8 Å². The monoisotopic (exact) mass is 299 g/mol. The van der Waals surface area contributed by atoms with E-state index in [0.717, 1.165) is 23.1 Å². The van der Waals surface area contributed by atoms with Gasteiger partial charge in [-0.2, -0.15) is 4.98 Å².